The molecule has 0 aliphatic heterocycles. The number of aryl methyl sites for hydroxylation is 2. The second kappa shape index (κ2) is 9.23. The molecular formula is C24H25N3O4S. The first-order chi connectivity index (χ1) is 15.1. The standard InChI is InChI=1S/C24H25N3O4S/c1-16-6-4-7-17(2)22(16)27(32(3,30)31)15-18-10-12-19(13-11-18)24(29)26-21-9-5-8-20(14-21)23(25)28/h4-14H,15H2,1-3H3,(H2,25,28)(H,26,29). The summed E-state index contributed by atoms with van der Waals surface area (Å²) in [5, 5.41) is 2.73. The molecule has 0 spiro atoms. The van der Waals surface area contributed by atoms with Crippen molar-refractivity contribution in [1.82, 2.24) is 0 Å². The van der Waals surface area contributed by atoms with Crippen molar-refractivity contribution in [1.29, 1.82) is 0 Å². The van der Waals surface area contributed by atoms with Gasteiger partial charge in [-0.1, -0.05) is 36.4 Å². The zero-order valence-corrected chi connectivity index (χ0v) is 18.9. The maximum absolute atomic E-state index is 12.6. The van der Waals surface area contributed by atoms with Crippen LogP contribution in [0.5, 0.6) is 0 Å². The average molecular weight is 452 g/mol. The second-order valence-corrected chi connectivity index (χ2v) is 9.51. The molecule has 0 bridgehead atoms. The molecule has 8 heteroatoms. The van der Waals surface area contributed by atoms with Crippen molar-refractivity contribution in [2.24, 2.45) is 5.73 Å². The SMILES string of the molecule is Cc1cccc(C)c1N(Cc1ccc(C(=O)Nc2cccc(C(N)=O)c2)cc1)S(C)(=O)=O. The van der Waals surface area contributed by atoms with Gasteiger partial charge in [-0.15, -0.1) is 0 Å². The third-order valence-electron chi connectivity index (χ3n) is 5.04. The number of amides is 2. The van der Waals surface area contributed by atoms with Crippen LogP contribution in [-0.2, 0) is 16.6 Å². The lowest BCUT2D eigenvalue weighted by atomic mass is 10.1. The Bertz CT molecular complexity index is 1250. The fourth-order valence-electron chi connectivity index (χ4n) is 3.44. The third kappa shape index (κ3) is 5.33. The Morgan fingerprint density at radius 1 is 0.906 bits per heavy atom. The Hall–Kier alpha value is -3.65. The molecule has 2 amide bonds. The summed E-state index contributed by atoms with van der Waals surface area (Å²) in [6, 6.07) is 18.7. The van der Waals surface area contributed by atoms with Gasteiger partial charge in [0.25, 0.3) is 5.91 Å². The van der Waals surface area contributed by atoms with E-state index in [4.69, 9.17) is 5.73 Å². The smallest absolute Gasteiger partial charge is 0.255 e. The number of hydrogen-bond donors (Lipinski definition) is 2. The summed E-state index contributed by atoms with van der Waals surface area (Å²) in [5.41, 5.74) is 9.55. The highest BCUT2D eigenvalue weighted by Crippen LogP contribution is 2.28. The molecule has 3 N–H and O–H groups in total. The highest BCUT2D eigenvalue weighted by molar-refractivity contribution is 7.92. The van der Waals surface area contributed by atoms with Crippen molar-refractivity contribution in [2.75, 3.05) is 15.9 Å². The molecule has 3 aromatic rings. The van der Waals surface area contributed by atoms with Crippen LogP contribution in [0.1, 0.15) is 37.4 Å². The van der Waals surface area contributed by atoms with Crippen LogP contribution >= 0.6 is 0 Å². The summed E-state index contributed by atoms with van der Waals surface area (Å²) in [4.78, 5) is 23.9. The Labute approximate surface area is 187 Å². The molecule has 0 aromatic heterocycles. The predicted octanol–water partition coefficient (Wildman–Crippen LogP) is 3.62. The minimum atomic E-state index is -3.52. The van der Waals surface area contributed by atoms with E-state index in [1.807, 2.05) is 32.0 Å². The van der Waals surface area contributed by atoms with Crippen LogP contribution < -0.4 is 15.4 Å². The van der Waals surface area contributed by atoms with E-state index in [9.17, 15) is 18.0 Å². The van der Waals surface area contributed by atoms with Crippen LogP contribution in [0.3, 0.4) is 0 Å². The minimum Gasteiger partial charge on any atom is -0.366 e. The summed E-state index contributed by atoms with van der Waals surface area (Å²) in [6.45, 7) is 3.90. The lowest BCUT2D eigenvalue weighted by Gasteiger charge is -2.26. The van der Waals surface area contributed by atoms with Gasteiger partial charge in [0, 0.05) is 16.8 Å². The van der Waals surface area contributed by atoms with Crippen LogP contribution in [-0.4, -0.2) is 26.5 Å². The van der Waals surface area contributed by atoms with E-state index in [-0.39, 0.29) is 12.5 Å². The van der Waals surface area contributed by atoms with E-state index in [0.29, 0.717) is 22.5 Å². The minimum absolute atomic E-state index is 0.146. The molecule has 3 aromatic carbocycles. The number of carbonyl (C=O) groups is 2. The van der Waals surface area contributed by atoms with Crippen LogP contribution in [0.25, 0.3) is 0 Å². The van der Waals surface area contributed by atoms with Crippen LogP contribution in [0.2, 0.25) is 0 Å². The molecule has 0 atom stereocenters. The van der Waals surface area contributed by atoms with Gasteiger partial charge in [-0.2, -0.15) is 0 Å². The average Bonchev–Trinajstić information content (AvgIpc) is 2.72. The number of para-hydroxylation sites is 1. The van der Waals surface area contributed by atoms with E-state index in [2.05, 4.69) is 5.32 Å². The second-order valence-electron chi connectivity index (χ2n) is 7.61. The molecule has 0 unspecified atom stereocenters. The zero-order valence-electron chi connectivity index (χ0n) is 18.1. The van der Waals surface area contributed by atoms with Gasteiger partial charge < -0.3 is 11.1 Å². The summed E-state index contributed by atoms with van der Waals surface area (Å²) >= 11 is 0. The number of nitrogens with one attached hydrogen (secondary N) is 1. The van der Waals surface area contributed by atoms with Crippen molar-refractivity contribution in [3.8, 4) is 0 Å². The highest BCUT2D eigenvalue weighted by atomic mass is 32.2. The summed E-state index contributed by atoms with van der Waals surface area (Å²) in [7, 11) is -3.52. The number of hydrogen-bond acceptors (Lipinski definition) is 4. The summed E-state index contributed by atoms with van der Waals surface area (Å²) in [6.07, 6.45) is 1.18. The van der Waals surface area contributed by atoms with Crippen molar-refractivity contribution < 1.29 is 18.0 Å². The van der Waals surface area contributed by atoms with E-state index < -0.39 is 15.9 Å². The number of sulfonamides is 1. The van der Waals surface area contributed by atoms with Crippen LogP contribution in [0.4, 0.5) is 11.4 Å². The molecule has 7 nitrogen and oxygen atoms in total. The van der Waals surface area contributed by atoms with Crippen LogP contribution in [0, 0.1) is 13.8 Å². The molecule has 0 saturated heterocycles. The van der Waals surface area contributed by atoms with Crippen molar-refractivity contribution >= 4 is 33.2 Å². The molecule has 166 valence electrons. The van der Waals surface area contributed by atoms with E-state index in [0.717, 1.165) is 16.7 Å². The molecule has 0 fully saturated rings. The first-order valence-electron chi connectivity index (χ1n) is 9.90. The molecule has 0 heterocycles. The summed E-state index contributed by atoms with van der Waals surface area (Å²) in [5.74, 6) is -0.933. The Morgan fingerprint density at radius 2 is 1.50 bits per heavy atom. The fraction of sp³-hybridized carbons (Fsp3) is 0.167. The van der Waals surface area contributed by atoms with Crippen molar-refractivity contribution in [3.63, 3.8) is 0 Å². The van der Waals surface area contributed by atoms with E-state index >= 15 is 0 Å². The number of nitrogens with zero attached hydrogens (tertiary/aromatic N) is 1. The quantitative estimate of drug-likeness (QED) is 0.572. The zero-order chi connectivity index (χ0) is 23.5. The fourth-order valence-corrected chi connectivity index (χ4v) is 4.45. The Kier molecular flexibility index (Phi) is 6.64. The maximum atomic E-state index is 12.6. The summed E-state index contributed by atoms with van der Waals surface area (Å²) < 4.78 is 26.4. The predicted molar refractivity (Wildman–Crippen MR) is 126 cm³/mol. The number of primary amides is 1. The monoisotopic (exact) mass is 451 g/mol. The lowest BCUT2D eigenvalue weighted by Crippen LogP contribution is -2.30. The number of benzene rings is 3. The van der Waals surface area contributed by atoms with Gasteiger partial charge in [0.05, 0.1) is 18.5 Å². The molecule has 0 saturated carbocycles. The lowest BCUT2D eigenvalue weighted by molar-refractivity contribution is 0.0996. The van der Waals surface area contributed by atoms with Gasteiger partial charge >= 0.3 is 0 Å². The molecule has 0 aliphatic rings. The van der Waals surface area contributed by atoms with E-state index in [1.54, 1.807) is 42.5 Å². The normalized spacial score (nSPS) is 11.1. The Balaban J connectivity index is 1.80. The first-order valence-corrected chi connectivity index (χ1v) is 11.7. The van der Waals surface area contributed by atoms with Gasteiger partial charge in [-0.05, 0) is 60.9 Å². The molecule has 3 rings (SSSR count). The molecule has 0 aliphatic carbocycles. The maximum Gasteiger partial charge on any atom is 0.255 e. The Morgan fingerprint density at radius 3 is 2.06 bits per heavy atom. The molecule has 0 radical (unpaired) electrons. The van der Waals surface area contributed by atoms with Crippen LogP contribution in [0.15, 0.2) is 66.7 Å². The third-order valence-corrected chi connectivity index (χ3v) is 6.15. The number of nitrogens with two attached hydrogens (primary N) is 1. The van der Waals surface area contributed by atoms with Gasteiger partial charge in [0.1, 0.15) is 0 Å². The number of carbonyl (C=O) groups excluding carboxylic acids is 2. The highest BCUT2D eigenvalue weighted by Gasteiger charge is 2.21. The van der Waals surface area contributed by atoms with E-state index in [1.165, 1.54) is 16.6 Å². The van der Waals surface area contributed by atoms with Gasteiger partial charge in [-0.25, -0.2) is 8.42 Å². The largest absolute Gasteiger partial charge is 0.366 e. The first kappa shape index (κ1) is 23.0. The molecular weight excluding hydrogens is 426 g/mol. The van der Waals surface area contributed by atoms with Gasteiger partial charge in [0.15, 0.2) is 0 Å². The van der Waals surface area contributed by atoms with Crippen molar-refractivity contribution in [3.05, 3.63) is 94.5 Å². The van der Waals surface area contributed by atoms with Crippen molar-refractivity contribution in [2.45, 2.75) is 20.4 Å². The molecule has 32 heavy (non-hydrogen) atoms. The van der Waals surface area contributed by atoms with Gasteiger partial charge in [-0.3, -0.25) is 13.9 Å². The number of rotatable bonds is 7. The topological polar surface area (TPSA) is 110 Å². The number of anilines is 2. The van der Waals surface area contributed by atoms with Gasteiger partial charge in [0.2, 0.25) is 15.9 Å².